The summed E-state index contributed by atoms with van der Waals surface area (Å²) in [7, 11) is 0. The number of carboxylic acid groups (broad SMARTS) is 2. The van der Waals surface area contributed by atoms with Crippen molar-refractivity contribution in [2.45, 2.75) is 25.9 Å². The molecule has 1 radical (unpaired) electrons. The molecule has 0 spiro atoms. The fraction of sp³-hybridized carbons (Fsp3) is 0.667. The Labute approximate surface area is 86.8 Å². The van der Waals surface area contributed by atoms with Gasteiger partial charge in [0.05, 0.1) is 11.9 Å². The van der Waals surface area contributed by atoms with Gasteiger partial charge in [-0.25, -0.2) is 0 Å². The Morgan fingerprint density at radius 3 is 1.08 bits per heavy atom. The van der Waals surface area contributed by atoms with E-state index < -0.39 is 24.0 Å². The van der Waals surface area contributed by atoms with Gasteiger partial charge in [-0.15, -0.1) is 0 Å². The predicted molar refractivity (Wildman–Crippen MR) is 37.3 cm³/mol. The zero-order chi connectivity index (χ0) is 10.3. The van der Waals surface area contributed by atoms with Gasteiger partial charge < -0.3 is 31.3 Å². The van der Waals surface area contributed by atoms with E-state index in [1.165, 1.54) is 13.8 Å². The molecule has 0 bridgehead atoms. The number of rotatable bonds is 2. The quantitative estimate of drug-likeness (QED) is 0.475. The van der Waals surface area contributed by atoms with Crippen molar-refractivity contribution in [2.75, 3.05) is 0 Å². The van der Waals surface area contributed by atoms with Crippen molar-refractivity contribution >= 4 is 11.9 Å². The third kappa shape index (κ3) is 18.4. The molecule has 4 N–H and O–H groups in total. The molecule has 13 heavy (non-hydrogen) atoms. The van der Waals surface area contributed by atoms with Crippen LogP contribution in [0.4, 0.5) is 0 Å². The molecule has 0 aromatic rings. The first-order valence-electron chi connectivity index (χ1n) is 3.22. The van der Waals surface area contributed by atoms with Gasteiger partial charge in [-0.2, -0.15) is 0 Å². The molecule has 0 aliphatic rings. The van der Waals surface area contributed by atoms with Gasteiger partial charge in [0.2, 0.25) is 0 Å². The molecule has 0 unspecified atom stereocenters. The molecular weight excluding hydrogens is 228 g/mol. The monoisotopic (exact) mass is 239 g/mol. The third-order valence-corrected chi connectivity index (χ3v) is 0.744. The van der Waals surface area contributed by atoms with Crippen LogP contribution in [0.3, 0.4) is 0 Å². The van der Waals surface area contributed by atoms with E-state index in [0.29, 0.717) is 0 Å². The summed E-state index contributed by atoms with van der Waals surface area (Å²) >= 11 is 0. The number of carbonyl (C=O) groups is 2. The normalized spacial score (nSPS) is 12.6. The maximum Gasteiger partial charge on any atom is 2.00 e. The fourth-order valence-electron chi connectivity index (χ4n) is 0. The van der Waals surface area contributed by atoms with Crippen LogP contribution in [0.1, 0.15) is 13.8 Å². The van der Waals surface area contributed by atoms with Crippen LogP contribution in [-0.2, 0) is 26.7 Å². The second-order valence-electron chi connectivity index (χ2n) is 2.22. The van der Waals surface area contributed by atoms with E-state index in [2.05, 4.69) is 0 Å². The Morgan fingerprint density at radius 2 is 1.08 bits per heavy atom. The summed E-state index contributed by atoms with van der Waals surface area (Å²) in [6.07, 6.45) is 0. The average molecular weight is 240 g/mol. The Morgan fingerprint density at radius 1 is 1.00 bits per heavy atom. The van der Waals surface area contributed by atoms with Crippen molar-refractivity contribution in [3.63, 3.8) is 0 Å². The average Bonchev–Trinajstić information content (AvgIpc) is 1.88. The minimum Gasteiger partial charge on any atom is -0.548 e. The Bertz CT molecular complexity index is 143. The largest absolute Gasteiger partial charge is 2.00 e. The second kappa shape index (κ2) is 9.47. The van der Waals surface area contributed by atoms with Crippen LogP contribution in [0.25, 0.3) is 0 Å². The molecule has 7 heteroatoms. The summed E-state index contributed by atoms with van der Waals surface area (Å²) in [5.41, 5.74) is 9.55. The minimum absolute atomic E-state index is 0. The Balaban J connectivity index is -0.000000143. The van der Waals surface area contributed by atoms with Crippen LogP contribution in [0.5, 0.6) is 0 Å². The molecule has 2 atom stereocenters. The SMILES string of the molecule is C[C@H](N)C(=O)[O-].C[C@H](N)C(=O)[O-].[Cu+2]. The van der Waals surface area contributed by atoms with E-state index in [0.717, 1.165) is 0 Å². The molecular formula is C6H12CuN2O4. The number of aliphatic carboxylic acids is 2. The first kappa shape index (κ1) is 18.2. The topological polar surface area (TPSA) is 132 Å². The standard InChI is InChI=1S/2C3H7NO2.Cu/c2*1-2(4)3(5)6;/h2*2H,4H2,1H3,(H,5,6);/q;;+2/p-2/t2*2-;/m00./s1. The fourth-order valence-corrected chi connectivity index (χ4v) is 0. The molecule has 0 aromatic carbocycles. The first-order chi connectivity index (χ1) is 5.29. The smallest absolute Gasteiger partial charge is 0.548 e. The maximum atomic E-state index is 9.46. The third-order valence-electron chi connectivity index (χ3n) is 0.744. The number of carboxylic acids is 2. The molecule has 0 fully saturated rings. The zero-order valence-corrected chi connectivity index (χ0v) is 8.19. The number of hydrogen-bond donors (Lipinski definition) is 2. The van der Waals surface area contributed by atoms with Crippen LogP contribution in [0, 0.1) is 0 Å². The van der Waals surface area contributed by atoms with E-state index in [9.17, 15) is 19.8 Å². The van der Waals surface area contributed by atoms with E-state index in [1.807, 2.05) is 0 Å². The summed E-state index contributed by atoms with van der Waals surface area (Å²) in [5.74, 6) is -2.43. The molecule has 81 valence electrons. The van der Waals surface area contributed by atoms with Crippen LogP contribution in [0.15, 0.2) is 0 Å². The maximum absolute atomic E-state index is 9.46. The van der Waals surface area contributed by atoms with E-state index >= 15 is 0 Å². The molecule has 0 aliphatic carbocycles. The van der Waals surface area contributed by atoms with Crippen molar-refractivity contribution in [1.29, 1.82) is 0 Å². The second-order valence-corrected chi connectivity index (χ2v) is 2.22. The van der Waals surface area contributed by atoms with Crippen molar-refractivity contribution < 1.29 is 36.9 Å². The first-order valence-corrected chi connectivity index (χ1v) is 3.22. The molecule has 0 amide bonds. The van der Waals surface area contributed by atoms with E-state index in [1.54, 1.807) is 0 Å². The number of carbonyl (C=O) groups excluding carboxylic acids is 2. The van der Waals surface area contributed by atoms with Gasteiger partial charge in [0.15, 0.2) is 0 Å². The molecule has 0 heterocycles. The molecule has 0 aliphatic heterocycles. The van der Waals surface area contributed by atoms with Gasteiger partial charge >= 0.3 is 17.1 Å². The summed E-state index contributed by atoms with van der Waals surface area (Å²) < 4.78 is 0. The van der Waals surface area contributed by atoms with E-state index in [4.69, 9.17) is 11.5 Å². The Hall–Kier alpha value is -0.621. The van der Waals surface area contributed by atoms with Crippen LogP contribution in [-0.4, -0.2) is 24.0 Å². The zero-order valence-electron chi connectivity index (χ0n) is 7.24. The summed E-state index contributed by atoms with van der Waals surface area (Å²) in [6, 6.07) is -1.69. The summed E-state index contributed by atoms with van der Waals surface area (Å²) in [5, 5.41) is 18.9. The molecule has 6 nitrogen and oxygen atoms in total. The summed E-state index contributed by atoms with van der Waals surface area (Å²) in [4.78, 5) is 18.9. The summed E-state index contributed by atoms with van der Waals surface area (Å²) in [6.45, 7) is 2.71. The van der Waals surface area contributed by atoms with Crippen molar-refractivity contribution in [1.82, 2.24) is 0 Å². The van der Waals surface area contributed by atoms with Crippen LogP contribution in [0.2, 0.25) is 0 Å². The molecule has 0 aromatic heterocycles. The van der Waals surface area contributed by atoms with Gasteiger partial charge in [-0.05, 0) is 13.8 Å². The van der Waals surface area contributed by atoms with Crippen molar-refractivity contribution in [2.24, 2.45) is 11.5 Å². The van der Waals surface area contributed by atoms with Crippen LogP contribution < -0.4 is 21.7 Å². The van der Waals surface area contributed by atoms with Gasteiger partial charge in [-0.3, -0.25) is 0 Å². The molecule has 0 saturated heterocycles. The van der Waals surface area contributed by atoms with Crippen molar-refractivity contribution in [3.8, 4) is 0 Å². The van der Waals surface area contributed by atoms with Crippen LogP contribution >= 0.6 is 0 Å². The van der Waals surface area contributed by atoms with Gasteiger partial charge in [0.25, 0.3) is 0 Å². The predicted octanol–water partition coefficient (Wildman–Crippen LogP) is -3.84. The number of hydrogen-bond acceptors (Lipinski definition) is 6. The molecule has 0 saturated carbocycles. The Kier molecular flexibility index (Phi) is 13.3. The van der Waals surface area contributed by atoms with Gasteiger partial charge in [-0.1, -0.05) is 0 Å². The van der Waals surface area contributed by atoms with Gasteiger partial charge in [0, 0.05) is 12.1 Å². The minimum atomic E-state index is -1.21. The van der Waals surface area contributed by atoms with E-state index in [-0.39, 0.29) is 17.1 Å². The molecule has 0 rings (SSSR count). The van der Waals surface area contributed by atoms with Crippen molar-refractivity contribution in [3.05, 3.63) is 0 Å². The van der Waals surface area contributed by atoms with Gasteiger partial charge in [0.1, 0.15) is 0 Å². The number of nitrogens with two attached hydrogens (primary N) is 2.